The molecule has 8 rings (SSSR count). The molecule has 0 nitrogen and oxygen atoms in total. The van der Waals surface area contributed by atoms with Crippen LogP contribution in [0.1, 0.15) is 96.9 Å². The molecule has 0 spiro atoms. The summed E-state index contributed by atoms with van der Waals surface area (Å²) in [6.45, 7) is 4.52. The van der Waals surface area contributed by atoms with E-state index in [4.69, 9.17) is 0 Å². The molecule has 0 heterocycles. The molecule has 0 aliphatic heterocycles. The maximum absolute atomic E-state index is 3.58. The van der Waals surface area contributed by atoms with Gasteiger partial charge >= 0.3 is 0 Å². The molecule has 0 unspecified atom stereocenters. The maximum Gasteiger partial charge on any atom is 0.0327 e. The first kappa shape index (κ1) is 36.8. The zero-order valence-corrected chi connectivity index (χ0v) is 32.8. The minimum atomic E-state index is 1.04. The summed E-state index contributed by atoms with van der Waals surface area (Å²) in [7, 11) is 0. The van der Waals surface area contributed by atoms with Crippen molar-refractivity contribution in [2.75, 3.05) is 0 Å². The van der Waals surface area contributed by atoms with E-state index < -0.39 is 0 Å². The lowest BCUT2D eigenvalue weighted by atomic mass is 9.95. The Balaban J connectivity index is 1.06. The van der Waals surface area contributed by atoms with E-state index in [0.29, 0.717) is 0 Å². The Morgan fingerprint density at radius 1 is 0.375 bits per heavy atom. The predicted octanol–water partition coefficient (Wildman–Crippen LogP) is 15.5. The molecule has 0 N–H and O–H groups in total. The molecule has 8 aromatic rings. The lowest BCUT2D eigenvalue weighted by Gasteiger charge is -2.08. The van der Waals surface area contributed by atoms with E-state index in [2.05, 4.69) is 196 Å². The van der Waals surface area contributed by atoms with Crippen molar-refractivity contribution >= 4 is 67.4 Å². The molecule has 0 aliphatic rings. The second kappa shape index (κ2) is 17.5. The summed E-state index contributed by atoms with van der Waals surface area (Å²) in [5, 5.41) is 9.72. The molecule has 0 atom stereocenters. The number of fused-ring (bicyclic) bond motifs is 4. The highest BCUT2D eigenvalue weighted by molar-refractivity contribution is 6.06. The SMILES string of the molecule is CCCCCc1ccc(C=Cc2cccc3cc4c(C#Cc5cccc6cc7c(C=Cc8ccc(CCCCC)cc8)cccc7cc56)cccc4cc23)cc1. The van der Waals surface area contributed by atoms with Crippen molar-refractivity contribution in [1.82, 2.24) is 0 Å². The van der Waals surface area contributed by atoms with Crippen molar-refractivity contribution < 1.29 is 0 Å². The molecular formula is C56H50. The number of aryl methyl sites for hydroxylation is 2. The lowest BCUT2D eigenvalue weighted by molar-refractivity contribution is 0.717. The third-order valence-corrected chi connectivity index (χ3v) is 11.2. The molecule has 0 fully saturated rings. The van der Waals surface area contributed by atoms with Gasteiger partial charge < -0.3 is 0 Å². The van der Waals surface area contributed by atoms with Crippen molar-refractivity contribution in [3.63, 3.8) is 0 Å². The molecular weight excluding hydrogens is 673 g/mol. The normalized spacial score (nSPS) is 11.7. The molecule has 274 valence electrons. The van der Waals surface area contributed by atoms with Crippen LogP contribution in [0.2, 0.25) is 0 Å². The van der Waals surface area contributed by atoms with Gasteiger partial charge in [-0.25, -0.2) is 0 Å². The van der Waals surface area contributed by atoms with Gasteiger partial charge in [0.1, 0.15) is 0 Å². The summed E-state index contributed by atoms with van der Waals surface area (Å²) in [4.78, 5) is 0. The number of rotatable bonds is 12. The highest BCUT2D eigenvalue weighted by Crippen LogP contribution is 2.31. The van der Waals surface area contributed by atoms with Gasteiger partial charge in [-0.3, -0.25) is 0 Å². The smallest absolute Gasteiger partial charge is 0.0327 e. The summed E-state index contributed by atoms with van der Waals surface area (Å²) in [5.74, 6) is 7.17. The first-order chi connectivity index (χ1) is 27.6. The number of hydrogen-bond donors (Lipinski definition) is 0. The van der Waals surface area contributed by atoms with E-state index in [9.17, 15) is 0 Å². The first-order valence-electron chi connectivity index (χ1n) is 20.6. The largest absolute Gasteiger partial charge is 0.0654 e. The molecule has 0 aliphatic carbocycles. The van der Waals surface area contributed by atoms with Gasteiger partial charge in [0.25, 0.3) is 0 Å². The summed E-state index contributed by atoms with van der Waals surface area (Å²) in [5.41, 5.74) is 9.84. The van der Waals surface area contributed by atoms with Crippen LogP contribution in [0.5, 0.6) is 0 Å². The zero-order valence-electron chi connectivity index (χ0n) is 32.8. The van der Waals surface area contributed by atoms with Gasteiger partial charge in [-0.1, -0.05) is 185 Å². The molecule has 0 aromatic heterocycles. The van der Waals surface area contributed by atoms with Crippen LogP contribution in [0, 0.1) is 11.8 Å². The minimum absolute atomic E-state index is 1.04. The summed E-state index contributed by atoms with van der Waals surface area (Å²) in [6.07, 6.45) is 18.9. The average molecular weight is 723 g/mol. The van der Waals surface area contributed by atoms with Gasteiger partial charge in [0.15, 0.2) is 0 Å². The van der Waals surface area contributed by atoms with Gasteiger partial charge in [0, 0.05) is 11.1 Å². The number of hydrogen-bond acceptors (Lipinski definition) is 0. The Hall–Kier alpha value is -6.16. The van der Waals surface area contributed by atoms with E-state index in [1.807, 2.05) is 0 Å². The van der Waals surface area contributed by atoms with Crippen molar-refractivity contribution in [3.05, 3.63) is 190 Å². The van der Waals surface area contributed by atoms with Crippen molar-refractivity contribution in [2.45, 2.75) is 65.2 Å². The monoisotopic (exact) mass is 722 g/mol. The van der Waals surface area contributed by atoms with E-state index in [1.54, 1.807) is 0 Å². The fraction of sp³-hybridized carbons (Fsp3) is 0.179. The van der Waals surface area contributed by atoms with Crippen LogP contribution in [0.4, 0.5) is 0 Å². The van der Waals surface area contributed by atoms with Crippen LogP contribution >= 0.6 is 0 Å². The molecule has 0 amide bonds. The summed E-state index contributed by atoms with van der Waals surface area (Å²) >= 11 is 0. The molecule has 56 heavy (non-hydrogen) atoms. The molecule has 0 bridgehead atoms. The second-order valence-corrected chi connectivity index (χ2v) is 15.2. The third kappa shape index (κ3) is 8.54. The van der Waals surface area contributed by atoms with Crippen molar-refractivity contribution in [1.29, 1.82) is 0 Å². The van der Waals surface area contributed by atoms with Crippen LogP contribution < -0.4 is 0 Å². The Kier molecular flexibility index (Phi) is 11.5. The standard InChI is InChI=1S/C56H50/c1-3-5-7-13-41-23-27-43(28-24-41)31-33-45-15-9-19-49-39-55-47(17-11-21-51(55)37-53(45)49)35-36-48-18-12-22-52-38-54-46(16-10-20-50(54)40-56(48)52)34-32-44-29-25-42(26-30-44)14-8-6-4-2/h9-12,15-34,37-40H,3-8,13-14H2,1-2H3. The predicted molar refractivity (Wildman–Crippen MR) is 246 cm³/mol. The lowest BCUT2D eigenvalue weighted by Crippen LogP contribution is -1.86. The van der Waals surface area contributed by atoms with Gasteiger partial charge in [0.2, 0.25) is 0 Å². The van der Waals surface area contributed by atoms with Crippen molar-refractivity contribution in [2.24, 2.45) is 0 Å². The molecule has 0 saturated carbocycles. The maximum atomic E-state index is 3.58. The second-order valence-electron chi connectivity index (χ2n) is 15.2. The third-order valence-electron chi connectivity index (χ3n) is 11.2. The minimum Gasteiger partial charge on any atom is -0.0654 e. The Labute approximate surface area is 333 Å². The van der Waals surface area contributed by atoms with Crippen molar-refractivity contribution in [3.8, 4) is 11.8 Å². The summed E-state index contributed by atoms with van der Waals surface area (Å²) in [6, 6.07) is 53.5. The number of benzene rings is 8. The zero-order chi connectivity index (χ0) is 38.1. The van der Waals surface area contributed by atoms with Gasteiger partial charge in [-0.15, -0.1) is 0 Å². The fourth-order valence-corrected chi connectivity index (χ4v) is 7.91. The molecule has 8 aromatic carbocycles. The van der Waals surface area contributed by atoms with E-state index >= 15 is 0 Å². The van der Waals surface area contributed by atoms with Gasteiger partial charge in [-0.2, -0.15) is 0 Å². The average Bonchev–Trinajstić information content (AvgIpc) is 3.24. The fourth-order valence-electron chi connectivity index (χ4n) is 7.91. The van der Waals surface area contributed by atoms with E-state index in [0.717, 1.165) is 24.0 Å². The van der Waals surface area contributed by atoms with Gasteiger partial charge in [0.05, 0.1) is 0 Å². The Morgan fingerprint density at radius 2 is 0.750 bits per heavy atom. The van der Waals surface area contributed by atoms with Crippen LogP contribution in [0.15, 0.2) is 146 Å². The van der Waals surface area contributed by atoms with Crippen LogP contribution in [0.3, 0.4) is 0 Å². The Morgan fingerprint density at radius 3 is 1.16 bits per heavy atom. The quantitative estimate of drug-likeness (QED) is 0.0510. The topological polar surface area (TPSA) is 0 Å². The van der Waals surface area contributed by atoms with E-state index in [1.165, 1.54) is 115 Å². The van der Waals surface area contributed by atoms with Gasteiger partial charge in [-0.05, 0) is 139 Å². The molecule has 0 saturated heterocycles. The Bertz CT molecular complexity index is 2550. The highest BCUT2D eigenvalue weighted by Gasteiger charge is 2.07. The van der Waals surface area contributed by atoms with E-state index in [-0.39, 0.29) is 0 Å². The number of unbranched alkanes of at least 4 members (excludes halogenated alkanes) is 4. The first-order valence-corrected chi connectivity index (χ1v) is 20.6. The highest BCUT2D eigenvalue weighted by atomic mass is 14.1. The molecule has 0 radical (unpaired) electrons. The summed E-state index contributed by atoms with van der Waals surface area (Å²) < 4.78 is 0. The molecule has 0 heteroatoms. The van der Waals surface area contributed by atoms with Crippen LogP contribution in [0.25, 0.3) is 67.4 Å². The van der Waals surface area contributed by atoms with Crippen LogP contribution in [-0.4, -0.2) is 0 Å². The van der Waals surface area contributed by atoms with Crippen LogP contribution in [-0.2, 0) is 12.8 Å².